The lowest BCUT2D eigenvalue weighted by Crippen LogP contribution is -1.99. The number of aryl methyl sites for hydroxylation is 1. The quantitative estimate of drug-likeness (QED) is 0.499. The first-order valence-electron chi connectivity index (χ1n) is 3.79. The summed E-state index contributed by atoms with van der Waals surface area (Å²) in [5.41, 5.74) is 2.55. The van der Waals surface area contributed by atoms with Crippen LogP contribution in [0.3, 0.4) is 0 Å². The molecule has 12 heavy (non-hydrogen) atoms. The van der Waals surface area contributed by atoms with E-state index in [4.69, 9.17) is 0 Å². The molecule has 1 aromatic rings. The molecular formula is C10H11OP. The fraction of sp³-hybridized carbons (Fsp3) is 0.200. The van der Waals surface area contributed by atoms with E-state index in [1.807, 2.05) is 12.1 Å². The van der Waals surface area contributed by atoms with Crippen LogP contribution >= 0.6 is 8.20 Å². The highest BCUT2D eigenvalue weighted by Crippen LogP contribution is 2.07. The highest BCUT2D eigenvalue weighted by atomic mass is 31.1. The third-order valence-corrected chi connectivity index (χ3v) is 2.88. The van der Waals surface area contributed by atoms with Gasteiger partial charge in [0.05, 0.1) is 0 Å². The monoisotopic (exact) mass is 178 g/mol. The summed E-state index contributed by atoms with van der Waals surface area (Å²) in [6.07, 6.45) is 0.837. The van der Waals surface area contributed by atoms with Crippen LogP contribution in [0, 0.1) is 13.8 Å². The van der Waals surface area contributed by atoms with Gasteiger partial charge in [0.1, 0.15) is 6.29 Å². The van der Waals surface area contributed by atoms with E-state index in [1.54, 1.807) is 5.80 Å². The molecule has 0 radical (unpaired) electrons. The van der Waals surface area contributed by atoms with E-state index >= 15 is 0 Å². The van der Waals surface area contributed by atoms with Crippen LogP contribution in [-0.4, -0.2) is 12.1 Å². The number of carbonyl (C=O) groups is 1. The van der Waals surface area contributed by atoms with E-state index in [2.05, 4.69) is 19.9 Å². The van der Waals surface area contributed by atoms with Crippen LogP contribution in [0.1, 0.15) is 11.1 Å². The van der Waals surface area contributed by atoms with Crippen molar-refractivity contribution in [3.63, 3.8) is 0 Å². The third-order valence-electron chi connectivity index (χ3n) is 1.85. The smallest absolute Gasteiger partial charge is 0.147 e. The Labute approximate surface area is 74.2 Å². The van der Waals surface area contributed by atoms with Crippen molar-refractivity contribution in [2.24, 2.45) is 0 Å². The zero-order valence-electron chi connectivity index (χ0n) is 7.24. The fourth-order valence-electron chi connectivity index (χ4n) is 0.986. The first kappa shape index (κ1) is 9.15. The molecule has 0 aromatic heterocycles. The normalized spacial score (nSPS) is 10.5. The van der Waals surface area contributed by atoms with E-state index in [-0.39, 0.29) is 0 Å². The lowest BCUT2D eigenvalue weighted by Gasteiger charge is -2.01. The highest BCUT2D eigenvalue weighted by molar-refractivity contribution is 7.49. The van der Waals surface area contributed by atoms with Gasteiger partial charge in [-0.25, -0.2) is 0 Å². The van der Waals surface area contributed by atoms with Crippen molar-refractivity contribution in [3.8, 4) is 0 Å². The van der Waals surface area contributed by atoms with Gasteiger partial charge in [0.2, 0.25) is 0 Å². The summed E-state index contributed by atoms with van der Waals surface area (Å²) in [5, 5.41) is 1.21. The molecule has 0 aliphatic rings. The molecule has 0 amide bonds. The molecule has 0 heterocycles. The van der Waals surface area contributed by atoms with Crippen molar-refractivity contribution in [1.82, 2.24) is 0 Å². The fourth-order valence-corrected chi connectivity index (χ4v) is 1.75. The van der Waals surface area contributed by atoms with Gasteiger partial charge < -0.3 is 0 Å². The van der Waals surface area contributed by atoms with Crippen LogP contribution < -0.4 is 5.30 Å². The Balaban J connectivity index is 3.07. The van der Waals surface area contributed by atoms with Gasteiger partial charge in [-0.05, 0) is 25.0 Å². The second-order valence-corrected chi connectivity index (χ2v) is 3.67. The largest absolute Gasteiger partial charge is 0.298 e. The number of rotatable bonds is 2. The van der Waals surface area contributed by atoms with Crippen molar-refractivity contribution in [2.45, 2.75) is 13.8 Å². The molecule has 1 nitrogen and oxygen atoms in total. The van der Waals surface area contributed by atoms with E-state index < -0.39 is 0 Å². The molecule has 1 aromatic carbocycles. The Morgan fingerprint density at radius 3 is 2.75 bits per heavy atom. The van der Waals surface area contributed by atoms with Crippen molar-refractivity contribution in [2.75, 3.05) is 0 Å². The van der Waals surface area contributed by atoms with Gasteiger partial charge >= 0.3 is 0 Å². The maximum absolute atomic E-state index is 10.1. The number of hydrogen-bond donors (Lipinski definition) is 0. The van der Waals surface area contributed by atoms with Crippen LogP contribution in [0.5, 0.6) is 0 Å². The van der Waals surface area contributed by atoms with E-state index in [0.29, 0.717) is 0 Å². The number of hydrogen-bond acceptors (Lipinski definition) is 1. The number of aldehydes is 1. The Bertz CT molecular complexity index is 316. The molecule has 0 bridgehead atoms. The average molecular weight is 178 g/mol. The van der Waals surface area contributed by atoms with Gasteiger partial charge in [0.25, 0.3) is 0 Å². The maximum atomic E-state index is 10.1. The topological polar surface area (TPSA) is 17.1 Å². The maximum Gasteiger partial charge on any atom is 0.147 e. The Morgan fingerprint density at radius 2 is 2.08 bits per heavy atom. The second-order valence-electron chi connectivity index (χ2n) is 2.63. The first-order valence-corrected chi connectivity index (χ1v) is 4.76. The van der Waals surface area contributed by atoms with Gasteiger partial charge in [0, 0.05) is 11.1 Å². The van der Waals surface area contributed by atoms with Crippen LogP contribution in [0.15, 0.2) is 18.2 Å². The summed E-state index contributed by atoms with van der Waals surface area (Å²) in [4.78, 5) is 10.1. The molecular weight excluding hydrogens is 167 g/mol. The van der Waals surface area contributed by atoms with Crippen molar-refractivity contribution in [1.29, 1.82) is 0 Å². The Hall–Kier alpha value is -0.940. The zero-order valence-corrected chi connectivity index (χ0v) is 8.14. The molecule has 0 aliphatic carbocycles. The van der Waals surface area contributed by atoms with Crippen LogP contribution in [-0.2, 0) is 4.79 Å². The molecule has 2 heteroatoms. The number of benzene rings is 1. The van der Waals surface area contributed by atoms with Crippen LogP contribution in [0.2, 0.25) is 0 Å². The zero-order chi connectivity index (χ0) is 8.97. The molecule has 1 rings (SSSR count). The standard InChI is InChI=1S/C10H11OP/c1-8-4-3-5-10(9(8)2)12-7-6-11/h3-7H,1-2H3. The Morgan fingerprint density at radius 1 is 1.33 bits per heavy atom. The van der Waals surface area contributed by atoms with Crippen molar-refractivity contribution >= 4 is 25.6 Å². The SMILES string of the molecule is Cc1cccc(/P=C/C=O)c1C. The minimum atomic E-state index is 0.837. The summed E-state index contributed by atoms with van der Waals surface area (Å²) >= 11 is 0. The summed E-state index contributed by atoms with van der Waals surface area (Å²) in [6, 6.07) is 6.14. The van der Waals surface area contributed by atoms with Gasteiger partial charge in [0.15, 0.2) is 0 Å². The molecule has 0 spiro atoms. The molecule has 0 fully saturated rings. The molecule has 0 atom stereocenters. The summed E-state index contributed by atoms with van der Waals surface area (Å²) in [5.74, 6) is 1.61. The molecule has 0 saturated carbocycles. The molecule has 0 N–H and O–H groups in total. The lowest BCUT2D eigenvalue weighted by atomic mass is 10.1. The molecule has 62 valence electrons. The minimum Gasteiger partial charge on any atom is -0.298 e. The first-order chi connectivity index (χ1) is 5.75. The lowest BCUT2D eigenvalue weighted by molar-refractivity contribution is -0.102. The van der Waals surface area contributed by atoms with Crippen LogP contribution in [0.4, 0.5) is 0 Å². The summed E-state index contributed by atoms with van der Waals surface area (Å²) in [6.45, 7) is 4.16. The van der Waals surface area contributed by atoms with Crippen molar-refractivity contribution < 1.29 is 4.79 Å². The van der Waals surface area contributed by atoms with E-state index in [0.717, 1.165) is 14.5 Å². The summed E-state index contributed by atoms with van der Waals surface area (Å²) < 4.78 is 0. The van der Waals surface area contributed by atoms with Crippen LogP contribution in [0.25, 0.3) is 0 Å². The summed E-state index contributed by atoms with van der Waals surface area (Å²) in [7, 11) is 0.987. The number of carbonyl (C=O) groups excluding carboxylic acids is 1. The van der Waals surface area contributed by atoms with E-state index in [1.165, 1.54) is 16.4 Å². The second kappa shape index (κ2) is 4.18. The molecule has 0 aliphatic heterocycles. The predicted molar refractivity (Wildman–Crippen MR) is 54.6 cm³/mol. The van der Waals surface area contributed by atoms with Gasteiger partial charge in [-0.3, -0.25) is 4.79 Å². The molecule has 0 unspecified atom stereocenters. The van der Waals surface area contributed by atoms with Gasteiger partial charge in [-0.15, -0.1) is 0 Å². The van der Waals surface area contributed by atoms with Gasteiger partial charge in [-0.2, -0.15) is 0 Å². The molecule has 0 saturated heterocycles. The third kappa shape index (κ3) is 2.02. The highest BCUT2D eigenvalue weighted by Gasteiger charge is 1.95. The van der Waals surface area contributed by atoms with Crippen molar-refractivity contribution in [3.05, 3.63) is 29.3 Å². The average Bonchev–Trinajstić information content (AvgIpc) is 2.08. The predicted octanol–water partition coefficient (Wildman–Crippen LogP) is 1.88. The minimum absolute atomic E-state index is 0.837. The van der Waals surface area contributed by atoms with Gasteiger partial charge in [-0.1, -0.05) is 26.4 Å². The van der Waals surface area contributed by atoms with E-state index in [9.17, 15) is 4.79 Å². The Kier molecular flexibility index (Phi) is 3.19.